The van der Waals surface area contributed by atoms with E-state index in [1.807, 2.05) is 13.8 Å². The third-order valence-electron chi connectivity index (χ3n) is 20.7. The van der Waals surface area contributed by atoms with Gasteiger partial charge in [0.25, 0.3) is 27.8 Å². The fourth-order valence-corrected chi connectivity index (χ4v) is 18.5. The first-order chi connectivity index (χ1) is 55.2. The number of aliphatic hydroxyl groups is 10. The Morgan fingerprint density at radius 3 is 0.815 bits per heavy atom. The van der Waals surface area contributed by atoms with Gasteiger partial charge in [-0.05, 0) is 149 Å². The molecule has 5 aromatic heterocycles. The fraction of sp³-hybridized carbons (Fsp3) is 0.633. The summed E-state index contributed by atoms with van der Waals surface area (Å²) in [5.41, 5.74) is -4.98. The number of nitrogens with zero attached hydrogens (tertiary/aromatic N) is 5. The van der Waals surface area contributed by atoms with Crippen molar-refractivity contribution in [1.29, 1.82) is 0 Å². The first kappa shape index (κ1) is 102. The van der Waals surface area contributed by atoms with Crippen molar-refractivity contribution in [1.82, 2.24) is 47.8 Å². The van der Waals surface area contributed by atoms with Crippen molar-refractivity contribution in [2.45, 2.75) is 220 Å². The average Bonchev–Trinajstić information content (AvgIpc) is 1.68. The minimum atomic E-state index is -1.29. The number of unbranched alkanes of at least 4 members (excludes halogenated alkanes) is 1. The zero-order valence-corrected chi connectivity index (χ0v) is 75.1. The van der Waals surface area contributed by atoms with E-state index in [1.165, 1.54) is 61.5 Å². The molecule has 5 fully saturated rings. The molecule has 0 radical (unpaired) electrons. The predicted octanol–water partition coefficient (Wildman–Crippen LogP) is 0.504. The van der Waals surface area contributed by atoms with Crippen LogP contribution in [-0.2, 0) is 49.9 Å². The van der Waals surface area contributed by atoms with Crippen LogP contribution in [0.15, 0.2) is 98.2 Å². The second kappa shape index (κ2) is 43.4. The van der Waals surface area contributed by atoms with E-state index in [9.17, 15) is 99.0 Å². The Labute approximate surface area is 691 Å². The van der Waals surface area contributed by atoms with Crippen LogP contribution in [-0.4, -0.2) is 319 Å². The van der Waals surface area contributed by atoms with Gasteiger partial charge >= 0.3 is 28.4 Å². The molecule has 0 bridgehead atoms. The van der Waals surface area contributed by atoms with Gasteiger partial charge in [0.15, 0.2) is 0 Å². The van der Waals surface area contributed by atoms with Gasteiger partial charge in [-0.1, -0.05) is 32.9 Å². The summed E-state index contributed by atoms with van der Waals surface area (Å²) in [7, 11) is 0. The van der Waals surface area contributed by atoms with Crippen LogP contribution >= 0.6 is 34.4 Å². The van der Waals surface area contributed by atoms with Gasteiger partial charge in [0, 0.05) is 63.4 Å². The van der Waals surface area contributed by atoms with Crippen LogP contribution in [0.2, 0.25) is 0 Å². The van der Waals surface area contributed by atoms with Crippen LogP contribution in [0.1, 0.15) is 130 Å². The number of allylic oxidation sites excluding steroid dienone is 1. The monoisotopic (exact) mass is 1770 g/mol. The maximum Gasteiger partial charge on any atom is 0.332 e. The Morgan fingerprint density at radius 1 is 0.336 bits per heavy atom. The molecular weight excluding hydrogens is 1640 g/mol. The van der Waals surface area contributed by atoms with Crippen LogP contribution in [0.3, 0.4) is 0 Å². The third kappa shape index (κ3) is 28.4. The van der Waals surface area contributed by atoms with Crippen LogP contribution in [0, 0.1) is 0 Å². The SMILES string of the molecule is C=CCn1cc(C2O[C@H](CCP(=C)(C)C)[C@@H](O)[C@H]2O)c(=O)[nH]c1=O.C=Cn1cc(C2O[C@H](CCP(=C)(C)C)[C@@H](O)[C@H]2O)c(=O)[nH]c1=O.C=P(C)(C)CC[C@H]1OC(c2cn(CC)c(=O)[nH]c2=O)[C@H](O)[C@@H]1O.C=P(C)(C)CC[C@H]1OC(c2cn(CCC)c(=O)[nH]c2=O)[C@H](O)[C@@H]1O.C=P(C)(C)CC[C@H]1OC(c2cn(CCCC)c(=O)[nH]c2=O)[C@H](O)[C@@H]1O. The number of aromatic nitrogens is 10. The van der Waals surface area contributed by atoms with E-state index in [2.05, 4.69) is 136 Å². The summed E-state index contributed by atoms with van der Waals surface area (Å²) in [5, 5.41) is 103. The van der Waals surface area contributed by atoms with E-state index >= 15 is 0 Å². The molecular formula is C79H129N10O25P5. The molecule has 0 amide bonds. The third-order valence-corrected chi connectivity index (χ3v) is 28.0. The molecule has 5 unspecified atom stereocenters. The summed E-state index contributed by atoms with van der Waals surface area (Å²) in [4.78, 5) is 130. The molecule has 10 rings (SSSR count). The quantitative estimate of drug-likeness (QED) is 0.0229. The van der Waals surface area contributed by atoms with E-state index in [-0.39, 0.29) is 34.4 Å². The molecule has 0 aromatic carbocycles. The lowest BCUT2D eigenvalue weighted by Crippen LogP contribution is -2.35. The lowest BCUT2D eigenvalue weighted by molar-refractivity contribution is 0.00493. The van der Waals surface area contributed by atoms with E-state index < -0.39 is 213 Å². The maximum absolute atomic E-state index is 12.2. The van der Waals surface area contributed by atoms with Crippen molar-refractivity contribution in [2.75, 3.05) is 97.5 Å². The standard InChI is InChI=1S/C17H29N2O5P.C16H27N2O5P.C16H25N2O5P.C15H25N2O5P.C15H23N2O5P/c1-5-6-8-19-10-11(16(22)18-17(19)23)15-14(21)13(20)12(24-15)7-9-25(2,3)4;2*1-5-7-18-9-10(15(21)17-16(18)22)14-13(20)12(19)11(23-14)6-8-24(2,3)4;2*1-5-17-8-9(14(20)16-15(17)21)13-12(19)11(18)10(22-13)6-7-23(2,3)4/h10,12-15,20-21H,2,5-9H2,1,3-4H3,(H,18,22,23);9,11-14,19-20H,2,5-8H2,1,3-4H3,(H,17,21,22);5,9,11-14,19-20H,1-2,6-8H2,3-4H3,(H,17,21,22);8,10-13,18-19H,2,5-7H2,1,3-4H3,(H,16,20,21);5,8,10-13,18-19H,1-2,6-7H2,3-4H3,(H,16,20,21)/t12-,13-,14-,15?;2*11-,12-,13-,14?;2*10-,11-,12-,13?/m11111/s1. The second-order valence-electron chi connectivity index (χ2n) is 34.4. The molecule has 5 aliphatic heterocycles. The molecule has 5 aromatic rings. The average molecular weight is 1770 g/mol. The molecule has 0 spiro atoms. The van der Waals surface area contributed by atoms with Gasteiger partial charge in [-0.25, -0.2) is 24.0 Å². The smallest absolute Gasteiger partial charge is 0.332 e. The summed E-state index contributed by atoms with van der Waals surface area (Å²) < 4.78 is 35.3. The van der Waals surface area contributed by atoms with Gasteiger partial charge in [-0.15, -0.1) is 72.5 Å². The van der Waals surface area contributed by atoms with Gasteiger partial charge in [-0.2, -0.15) is 0 Å². The normalized spacial score (nSPS) is 27.6. The minimum absolute atomic E-state index is 0.0854. The van der Waals surface area contributed by atoms with Crippen LogP contribution in [0.5, 0.6) is 0 Å². The molecule has 0 saturated carbocycles. The predicted molar refractivity (Wildman–Crippen MR) is 479 cm³/mol. The van der Waals surface area contributed by atoms with E-state index in [1.54, 1.807) is 6.92 Å². The summed E-state index contributed by atoms with van der Waals surface area (Å²) in [6, 6.07) is 0. The summed E-state index contributed by atoms with van der Waals surface area (Å²) in [5.74, 6) is 0. The molecule has 20 atom stereocenters. The van der Waals surface area contributed by atoms with E-state index in [0.717, 1.165) is 54.6 Å². The lowest BCUT2D eigenvalue weighted by Gasteiger charge is -2.18. The number of hydrogen-bond acceptors (Lipinski definition) is 25. The molecule has 5 aliphatic rings. The van der Waals surface area contributed by atoms with Crippen molar-refractivity contribution < 1.29 is 74.7 Å². The van der Waals surface area contributed by atoms with Gasteiger partial charge in [-0.3, -0.25) is 58.0 Å². The molecule has 670 valence electrons. The number of hydrogen-bond donors (Lipinski definition) is 15. The first-order valence-corrected chi connectivity index (χ1v) is 54.8. The summed E-state index contributed by atoms with van der Waals surface area (Å²) in [6.45, 7) is 28.7. The van der Waals surface area contributed by atoms with Crippen LogP contribution in [0.25, 0.3) is 6.20 Å². The molecule has 0 aliphatic carbocycles. The van der Waals surface area contributed by atoms with Crippen LogP contribution < -0.4 is 56.2 Å². The Hall–Kier alpha value is -6.22. The maximum atomic E-state index is 12.2. The van der Waals surface area contributed by atoms with Gasteiger partial charge < -0.3 is 88.5 Å². The number of rotatable bonds is 29. The zero-order valence-electron chi connectivity index (χ0n) is 70.6. The Kier molecular flexibility index (Phi) is 37.1. The Balaban J connectivity index is 0.000000231. The summed E-state index contributed by atoms with van der Waals surface area (Å²) in [6.07, 6.45) is 20.6. The van der Waals surface area contributed by atoms with E-state index in [4.69, 9.17) is 23.7 Å². The number of aryl methyl sites for hydroxylation is 3. The van der Waals surface area contributed by atoms with Crippen molar-refractivity contribution in [3.63, 3.8) is 0 Å². The highest BCUT2D eigenvalue weighted by Crippen LogP contribution is 2.45. The summed E-state index contributed by atoms with van der Waals surface area (Å²) >= 11 is 0. The molecule has 10 heterocycles. The molecule has 35 nitrogen and oxygen atoms in total. The second-order valence-corrected chi connectivity index (χ2v) is 56.0. The highest BCUT2D eigenvalue weighted by molar-refractivity contribution is 7.73. The van der Waals surface area contributed by atoms with Crippen molar-refractivity contribution in [3.8, 4) is 0 Å². The van der Waals surface area contributed by atoms with Crippen molar-refractivity contribution >= 4 is 72.1 Å². The van der Waals surface area contributed by atoms with Gasteiger partial charge in [0.05, 0.1) is 58.3 Å². The van der Waals surface area contributed by atoms with E-state index in [0.29, 0.717) is 51.7 Å². The van der Waals surface area contributed by atoms with Gasteiger partial charge in [0.1, 0.15) is 91.6 Å². The number of aromatic amines is 5. The largest absolute Gasteiger partial charge is 0.388 e. The first-order valence-electron chi connectivity index (χ1n) is 39.6. The Bertz CT molecular complexity index is 5180. The highest BCUT2D eigenvalue weighted by Gasteiger charge is 2.49. The zero-order chi connectivity index (χ0) is 89.6. The van der Waals surface area contributed by atoms with Crippen molar-refractivity contribution in [2.24, 2.45) is 0 Å². The number of nitrogens with one attached hydrogen (secondary N) is 5. The number of ether oxygens (including phenoxy) is 5. The molecule has 119 heavy (non-hydrogen) atoms. The fourth-order valence-electron chi connectivity index (χ4n) is 13.8. The topological polar surface area (TPSA) is 523 Å². The molecule has 5 saturated heterocycles. The minimum Gasteiger partial charge on any atom is -0.388 e. The number of aliphatic hydroxyl groups excluding tert-OH is 10. The lowest BCUT2D eigenvalue weighted by atomic mass is 10.0. The van der Waals surface area contributed by atoms with Gasteiger partial charge in [0.2, 0.25) is 0 Å². The Morgan fingerprint density at radius 2 is 0.571 bits per heavy atom. The highest BCUT2D eigenvalue weighted by atomic mass is 31.2. The molecule has 15 N–H and O–H groups in total. The van der Waals surface area contributed by atoms with Crippen LogP contribution in [0.4, 0.5) is 0 Å². The number of H-pyrrole nitrogens is 5. The van der Waals surface area contributed by atoms with Crippen molar-refractivity contribution in [3.05, 3.63) is 182 Å². The molecule has 40 heteroatoms.